The Morgan fingerprint density at radius 1 is 1.07 bits per heavy atom. The number of hydrogen-bond acceptors (Lipinski definition) is 2. The molecule has 1 aromatic carbocycles. The third kappa shape index (κ3) is 3.06. The number of hydrogen-bond donors (Lipinski definition) is 0. The van der Waals surface area contributed by atoms with E-state index in [9.17, 15) is 0 Å². The molecular formula is C27H29N3. The average Bonchev–Trinajstić information content (AvgIpc) is 3.16. The number of nitrogens with zero attached hydrogens (tertiary/aromatic N) is 3. The van der Waals surface area contributed by atoms with Gasteiger partial charge in [-0.25, -0.2) is 0 Å². The molecule has 0 amide bonds. The van der Waals surface area contributed by atoms with E-state index in [4.69, 9.17) is 9.97 Å². The molecule has 0 spiro atoms. The van der Waals surface area contributed by atoms with Crippen molar-refractivity contribution in [1.29, 1.82) is 0 Å². The summed E-state index contributed by atoms with van der Waals surface area (Å²) in [4.78, 5) is 9.42. The van der Waals surface area contributed by atoms with Gasteiger partial charge in [-0.05, 0) is 50.5 Å². The molecule has 3 heterocycles. The molecule has 152 valence electrons. The van der Waals surface area contributed by atoms with Crippen LogP contribution in [0.1, 0.15) is 57.3 Å². The van der Waals surface area contributed by atoms with Crippen LogP contribution in [0.5, 0.6) is 0 Å². The highest BCUT2D eigenvalue weighted by Crippen LogP contribution is 2.42. The third-order valence-corrected chi connectivity index (χ3v) is 5.73. The Morgan fingerprint density at radius 3 is 2.40 bits per heavy atom. The second-order valence-corrected chi connectivity index (χ2v) is 7.32. The second kappa shape index (κ2) is 8.66. The first-order valence-corrected chi connectivity index (χ1v) is 11.0. The van der Waals surface area contributed by atoms with Gasteiger partial charge < -0.3 is 4.57 Å². The van der Waals surface area contributed by atoms with Crippen molar-refractivity contribution in [1.82, 2.24) is 14.5 Å². The summed E-state index contributed by atoms with van der Waals surface area (Å²) in [6.07, 6.45) is 18.2. The zero-order valence-electron chi connectivity index (χ0n) is 18.1. The number of allylic oxidation sites excluding steroid dienone is 3. The van der Waals surface area contributed by atoms with Gasteiger partial charge in [0.25, 0.3) is 0 Å². The van der Waals surface area contributed by atoms with E-state index in [0.717, 1.165) is 34.6 Å². The van der Waals surface area contributed by atoms with Crippen LogP contribution >= 0.6 is 0 Å². The first kappa shape index (κ1) is 20.1. The van der Waals surface area contributed by atoms with E-state index < -0.39 is 0 Å². The van der Waals surface area contributed by atoms with Crippen molar-refractivity contribution in [2.75, 3.05) is 0 Å². The van der Waals surface area contributed by atoms with E-state index >= 15 is 0 Å². The molecule has 0 aliphatic heterocycles. The van der Waals surface area contributed by atoms with Crippen molar-refractivity contribution in [2.24, 2.45) is 0 Å². The van der Waals surface area contributed by atoms with Crippen molar-refractivity contribution in [3.05, 3.63) is 72.7 Å². The summed E-state index contributed by atoms with van der Waals surface area (Å²) in [5, 5.41) is 3.55. The zero-order chi connectivity index (χ0) is 21.1. The molecule has 1 aliphatic rings. The number of benzene rings is 1. The summed E-state index contributed by atoms with van der Waals surface area (Å²) in [6.45, 7) is 10.2. The summed E-state index contributed by atoms with van der Waals surface area (Å²) in [5.74, 6) is 0. The average molecular weight is 396 g/mol. The smallest absolute Gasteiger partial charge is 0.0985 e. The van der Waals surface area contributed by atoms with Crippen molar-refractivity contribution in [2.45, 2.75) is 46.1 Å². The topological polar surface area (TPSA) is 30.7 Å². The molecule has 3 aromatic heterocycles. The summed E-state index contributed by atoms with van der Waals surface area (Å²) >= 11 is 0. The summed E-state index contributed by atoms with van der Waals surface area (Å²) in [6, 6.07) is 8.71. The first-order valence-electron chi connectivity index (χ1n) is 11.0. The van der Waals surface area contributed by atoms with Crippen LogP contribution in [-0.2, 0) is 0 Å². The van der Waals surface area contributed by atoms with Crippen LogP contribution < -0.4 is 0 Å². The quantitative estimate of drug-likeness (QED) is 0.262. The van der Waals surface area contributed by atoms with Crippen LogP contribution in [0.25, 0.3) is 44.9 Å². The minimum Gasteiger partial charge on any atom is -0.333 e. The lowest BCUT2D eigenvalue weighted by molar-refractivity contribution is 0.529. The molecule has 1 unspecified atom stereocenters. The lowest BCUT2D eigenvalue weighted by Gasteiger charge is -2.22. The summed E-state index contributed by atoms with van der Waals surface area (Å²) in [5.41, 5.74) is 5.56. The molecule has 0 saturated carbocycles. The Morgan fingerprint density at radius 2 is 1.77 bits per heavy atom. The van der Waals surface area contributed by atoms with Crippen molar-refractivity contribution < 1.29 is 0 Å². The fraction of sp³-hybridized carbons (Fsp3) is 0.259. The lowest BCUT2D eigenvalue weighted by Crippen LogP contribution is -2.10. The van der Waals surface area contributed by atoms with E-state index in [2.05, 4.69) is 54.5 Å². The van der Waals surface area contributed by atoms with Gasteiger partial charge in [-0.15, -0.1) is 0 Å². The van der Waals surface area contributed by atoms with Crippen LogP contribution in [0, 0.1) is 0 Å². The first-order chi connectivity index (χ1) is 14.8. The molecule has 1 aliphatic carbocycles. The van der Waals surface area contributed by atoms with E-state index in [1.54, 1.807) is 0 Å². The number of aromatic nitrogens is 3. The van der Waals surface area contributed by atoms with Crippen LogP contribution in [0.2, 0.25) is 0 Å². The molecule has 5 rings (SSSR count). The monoisotopic (exact) mass is 395 g/mol. The second-order valence-electron chi connectivity index (χ2n) is 7.32. The molecule has 0 fully saturated rings. The van der Waals surface area contributed by atoms with Crippen molar-refractivity contribution in [3.63, 3.8) is 0 Å². The van der Waals surface area contributed by atoms with Crippen LogP contribution in [0.4, 0.5) is 0 Å². The molecule has 3 nitrogen and oxygen atoms in total. The molecule has 1 atom stereocenters. The summed E-state index contributed by atoms with van der Waals surface area (Å²) < 4.78 is 2.48. The minimum atomic E-state index is 0.334. The van der Waals surface area contributed by atoms with Gasteiger partial charge in [0, 0.05) is 39.8 Å². The molecule has 3 heteroatoms. The Kier molecular flexibility index (Phi) is 5.80. The Bertz CT molecular complexity index is 1270. The van der Waals surface area contributed by atoms with Crippen LogP contribution in [0.15, 0.2) is 61.5 Å². The van der Waals surface area contributed by atoms with Gasteiger partial charge in [0.05, 0.1) is 22.6 Å². The highest BCUT2D eigenvalue weighted by Gasteiger charge is 2.24. The predicted molar refractivity (Wildman–Crippen MR) is 131 cm³/mol. The molecular weight excluding hydrogens is 366 g/mol. The molecule has 4 aromatic rings. The normalized spacial score (nSPS) is 16.3. The molecule has 0 N–H and O–H groups in total. The maximum Gasteiger partial charge on any atom is 0.0985 e. The van der Waals surface area contributed by atoms with E-state index in [1.807, 2.05) is 44.4 Å². The fourth-order valence-electron chi connectivity index (χ4n) is 4.64. The Labute approximate surface area is 178 Å². The SMILES string of the molecule is C=Cc1c(/C=C\C)c2c3cccnc3c3ncccc3c2n1C1C=CCCC1.CC. The van der Waals surface area contributed by atoms with Gasteiger partial charge in [-0.1, -0.05) is 50.8 Å². The Balaban J connectivity index is 0.00000106. The van der Waals surface area contributed by atoms with Crippen LogP contribution in [-0.4, -0.2) is 14.5 Å². The predicted octanol–water partition coefficient (Wildman–Crippen LogP) is 7.72. The highest BCUT2D eigenvalue weighted by molar-refractivity contribution is 6.25. The van der Waals surface area contributed by atoms with Crippen LogP contribution in [0.3, 0.4) is 0 Å². The van der Waals surface area contributed by atoms with Crippen molar-refractivity contribution in [3.8, 4) is 0 Å². The Hall–Kier alpha value is -3.20. The molecule has 0 bridgehead atoms. The van der Waals surface area contributed by atoms with Gasteiger partial charge in [-0.2, -0.15) is 0 Å². The maximum atomic E-state index is 4.72. The van der Waals surface area contributed by atoms with Gasteiger partial charge in [0.1, 0.15) is 0 Å². The van der Waals surface area contributed by atoms with Crippen molar-refractivity contribution >= 4 is 44.9 Å². The maximum absolute atomic E-state index is 4.72. The third-order valence-electron chi connectivity index (χ3n) is 5.73. The summed E-state index contributed by atoms with van der Waals surface area (Å²) in [7, 11) is 0. The zero-order valence-corrected chi connectivity index (χ0v) is 18.1. The highest BCUT2D eigenvalue weighted by atomic mass is 15.0. The van der Waals surface area contributed by atoms with E-state index in [-0.39, 0.29) is 0 Å². The molecule has 0 radical (unpaired) electrons. The van der Waals surface area contributed by atoms with E-state index in [1.165, 1.54) is 28.6 Å². The minimum absolute atomic E-state index is 0.334. The number of rotatable bonds is 3. The number of pyridine rings is 2. The number of fused-ring (bicyclic) bond motifs is 6. The van der Waals surface area contributed by atoms with E-state index in [0.29, 0.717) is 6.04 Å². The van der Waals surface area contributed by atoms with Gasteiger partial charge in [0.2, 0.25) is 0 Å². The lowest BCUT2D eigenvalue weighted by atomic mass is 10.0. The standard InChI is InChI=1S/C25H23N3.C2H6/c1-3-10-18-21(4-2)28(17-11-6-5-7-12-17)25-20-14-9-16-27-24(20)23-19(22(18)25)13-8-15-26-23;1-2/h3-4,6,8-11,13-17H,2,5,7,12H2,1H3;1-2H3/b10-3-;. The van der Waals surface area contributed by atoms with Gasteiger partial charge >= 0.3 is 0 Å². The molecule has 0 saturated heterocycles. The van der Waals surface area contributed by atoms with Gasteiger partial charge in [0.15, 0.2) is 0 Å². The molecule has 30 heavy (non-hydrogen) atoms. The fourth-order valence-corrected chi connectivity index (χ4v) is 4.64. The largest absolute Gasteiger partial charge is 0.333 e. The van der Waals surface area contributed by atoms with Gasteiger partial charge in [-0.3, -0.25) is 9.97 Å².